The van der Waals surface area contributed by atoms with Gasteiger partial charge in [0.1, 0.15) is 5.60 Å². The number of fused-ring (bicyclic) bond motifs is 7. The van der Waals surface area contributed by atoms with Crippen molar-refractivity contribution in [3.63, 3.8) is 0 Å². The predicted octanol–water partition coefficient (Wildman–Crippen LogP) is 2.91. The van der Waals surface area contributed by atoms with Gasteiger partial charge in [0.15, 0.2) is 5.79 Å². The Kier molecular flexibility index (Phi) is 4.75. The molecule has 6 nitrogen and oxygen atoms in total. The van der Waals surface area contributed by atoms with Crippen molar-refractivity contribution in [1.82, 2.24) is 0 Å². The van der Waals surface area contributed by atoms with E-state index in [1.165, 1.54) is 0 Å². The van der Waals surface area contributed by atoms with Gasteiger partial charge in [-0.2, -0.15) is 0 Å². The zero-order chi connectivity index (χ0) is 23.6. The maximum atomic E-state index is 12.5. The Labute approximate surface area is 197 Å². The summed E-state index contributed by atoms with van der Waals surface area (Å²) in [4.78, 5) is 0. The van der Waals surface area contributed by atoms with Crippen molar-refractivity contribution >= 4 is 0 Å². The first-order chi connectivity index (χ1) is 15.4. The van der Waals surface area contributed by atoms with E-state index in [-0.39, 0.29) is 17.8 Å². The average Bonchev–Trinajstić information content (AvgIpc) is 3.07. The molecule has 186 valence electrons. The molecule has 6 aliphatic rings. The molecular weight excluding hydrogens is 420 g/mol. The molecule has 0 aromatic carbocycles. The Balaban J connectivity index is 1.37. The second kappa shape index (κ2) is 6.83. The van der Waals surface area contributed by atoms with Crippen LogP contribution in [-0.2, 0) is 9.47 Å². The van der Waals surface area contributed by atoms with Crippen LogP contribution >= 0.6 is 0 Å². The summed E-state index contributed by atoms with van der Waals surface area (Å²) in [6.45, 7) is 9.11. The normalized spacial score (nSPS) is 62.3. The Morgan fingerprint density at radius 1 is 1.03 bits per heavy atom. The molecule has 2 heterocycles. The van der Waals surface area contributed by atoms with E-state index in [9.17, 15) is 20.4 Å². The molecule has 2 aliphatic heterocycles. The van der Waals surface area contributed by atoms with Gasteiger partial charge in [-0.25, -0.2) is 0 Å². The van der Waals surface area contributed by atoms with Crippen LogP contribution < -0.4 is 0 Å². The average molecular weight is 463 g/mol. The lowest BCUT2D eigenvalue weighted by Gasteiger charge is -2.63. The quantitative estimate of drug-likeness (QED) is 0.413. The molecule has 2 saturated heterocycles. The van der Waals surface area contributed by atoms with Crippen molar-refractivity contribution in [2.24, 2.45) is 34.5 Å². The Morgan fingerprint density at radius 3 is 2.48 bits per heavy atom. The van der Waals surface area contributed by atoms with Crippen molar-refractivity contribution in [2.45, 2.75) is 114 Å². The van der Waals surface area contributed by atoms with Crippen molar-refractivity contribution in [2.75, 3.05) is 6.61 Å². The van der Waals surface area contributed by atoms with Crippen LogP contribution in [0.25, 0.3) is 0 Å². The molecule has 5 fully saturated rings. The molecule has 4 aliphatic carbocycles. The number of rotatable bonds is 0. The molecule has 6 rings (SSSR count). The highest BCUT2D eigenvalue weighted by molar-refractivity contribution is 5.34. The Bertz CT molecular complexity index is 865. The molecule has 33 heavy (non-hydrogen) atoms. The molecule has 0 aromatic heterocycles. The maximum Gasteiger partial charge on any atom is 0.174 e. The highest BCUT2D eigenvalue weighted by atomic mass is 16.7. The molecule has 12 unspecified atom stereocenters. The van der Waals surface area contributed by atoms with Gasteiger partial charge in [-0.05, 0) is 49.9 Å². The van der Waals surface area contributed by atoms with Gasteiger partial charge in [-0.1, -0.05) is 39.3 Å². The first kappa shape index (κ1) is 22.9. The van der Waals surface area contributed by atoms with Crippen molar-refractivity contribution in [3.8, 4) is 0 Å². The van der Waals surface area contributed by atoms with Crippen LogP contribution in [0.15, 0.2) is 11.6 Å². The first-order valence-corrected chi connectivity index (χ1v) is 13.2. The van der Waals surface area contributed by atoms with Crippen LogP contribution in [0, 0.1) is 34.5 Å². The first-order valence-electron chi connectivity index (χ1n) is 13.2. The van der Waals surface area contributed by atoms with Crippen LogP contribution in [-0.4, -0.2) is 62.3 Å². The van der Waals surface area contributed by atoms with Crippen molar-refractivity contribution in [3.05, 3.63) is 11.6 Å². The van der Waals surface area contributed by atoms with Gasteiger partial charge in [0, 0.05) is 36.0 Å². The zero-order valence-electron chi connectivity index (χ0n) is 20.6. The molecular formula is C27H42O6. The van der Waals surface area contributed by atoms with Crippen LogP contribution in [0.4, 0.5) is 0 Å². The summed E-state index contributed by atoms with van der Waals surface area (Å²) in [5.41, 5.74) is -2.22. The fraction of sp³-hybridized carbons (Fsp3) is 0.926. The highest BCUT2D eigenvalue weighted by Gasteiger charge is 2.81. The minimum absolute atomic E-state index is 0.0523. The van der Waals surface area contributed by atoms with Crippen LogP contribution in [0.1, 0.15) is 79.1 Å². The number of aliphatic hydroxyl groups is 4. The molecule has 0 aromatic rings. The molecule has 6 heteroatoms. The second-order valence-electron chi connectivity index (χ2n) is 13.0. The van der Waals surface area contributed by atoms with E-state index in [4.69, 9.17) is 9.47 Å². The van der Waals surface area contributed by atoms with E-state index in [2.05, 4.69) is 33.8 Å². The van der Waals surface area contributed by atoms with Gasteiger partial charge in [0.2, 0.25) is 0 Å². The number of allylic oxidation sites excluding steroid dienone is 1. The van der Waals surface area contributed by atoms with E-state index in [0.29, 0.717) is 38.2 Å². The molecule has 4 N–H and O–H groups in total. The molecule has 3 saturated carbocycles. The maximum absolute atomic E-state index is 12.5. The molecule has 0 amide bonds. The lowest BCUT2D eigenvalue weighted by molar-refractivity contribution is -0.286. The second-order valence-corrected chi connectivity index (χ2v) is 13.0. The van der Waals surface area contributed by atoms with Gasteiger partial charge in [-0.15, -0.1) is 0 Å². The van der Waals surface area contributed by atoms with E-state index in [1.54, 1.807) is 0 Å². The third kappa shape index (κ3) is 2.51. The third-order valence-electron chi connectivity index (χ3n) is 11.9. The molecule has 1 spiro atoms. The lowest BCUT2D eigenvalue weighted by Crippen LogP contribution is -2.67. The summed E-state index contributed by atoms with van der Waals surface area (Å²) in [7, 11) is 0. The van der Waals surface area contributed by atoms with Crippen molar-refractivity contribution in [1.29, 1.82) is 0 Å². The van der Waals surface area contributed by atoms with Gasteiger partial charge in [-0.3, -0.25) is 0 Å². The van der Waals surface area contributed by atoms with Crippen molar-refractivity contribution < 1.29 is 29.9 Å². The van der Waals surface area contributed by atoms with E-state index in [1.807, 2.05) is 0 Å². The minimum atomic E-state index is -1.15. The monoisotopic (exact) mass is 462 g/mol. The van der Waals surface area contributed by atoms with Gasteiger partial charge in [0.05, 0.1) is 30.5 Å². The van der Waals surface area contributed by atoms with Crippen LogP contribution in [0.3, 0.4) is 0 Å². The summed E-state index contributed by atoms with van der Waals surface area (Å²) in [5, 5.41) is 46.3. The summed E-state index contributed by atoms with van der Waals surface area (Å²) in [6, 6.07) is 0. The SMILES string of the molecule is CC1CCC2(OC1)OC1CC3(O)C4CC=C5CC(O)CC(O)C5(C)C4CCC3(C)C1(O)C2C. The highest BCUT2D eigenvalue weighted by Crippen LogP contribution is 2.73. The molecule has 0 bridgehead atoms. The fourth-order valence-electron chi connectivity index (χ4n) is 9.62. The third-order valence-corrected chi connectivity index (χ3v) is 11.9. The predicted molar refractivity (Wildman–Crippen MR) is 122 cm³/mol. The van der Waals surface area contributed by atoms with Gasteiger partial charge >= 0.3 is 0 Å². The Hall–Kier alpha value is -0.500. The number of aliphatic hydroxyl groups excluding tert-OH is 2. The molecule has 12 atom stereocenters. The summed E-state index contributed by atoms with van der Waals surface area (Å²) in [6.07, 6.45) is 6.07. The Morgan fingerprint density at radius 2 is 1.79 bits per heavy atom. The van der Waals surface area contributed by atoms with Crippen LogP contribution in [0.2, 0.25) is 0 Å². The largest absolute Gasteiger partial charge is 0.393 e. The topological polar surface area (TPSA) is 99.4 Å². The lowest BCUT2D eigenvalue weighted by atomic mass is 9.44. The standard InChI is InChI=1S/C27H42O6/c1-15-7-10-26(32-14-15)16(2)27(31)22(33-26)13-25(30)20-6-5-17-11-18(28)12-21(29)24(17,4)19(20)8-9-23(25,27)3/h5,15-16,18-22,28-31H,6-14H2,1-4H3. The van der Waals surface area contributed by atoms with Crippen LogP contribution in [0.5, 0.6) is 0 Å². The summed E-state index contributed by atoms with van der Waals surface area (Å²) < 4.78 is 12.9. The van der Waals surface area contributed by atoms with Gasteiger partial charge in [0.25, 0.3) is 0 Å². The van der Waals surface area contributed by atoms with E-state index >= 15 is 0 Å². The number of ether oxygens (including phenoxy) is 2. The molecule has 0 radical (unpaired) electrons. The summed E-state index contributed by atoms with van der Waals surface area (Å²) in [5.74, 6) is -0.415. The fourth-order valence-corrected chi connectivity index (χ4v) is 9.62. The zero-order valence-corrected chi connectivity index (χ0v) is 20.6. The number of hydrogen-bond donors (Lipinski definition) is 4. The summed E-state index contributed by atoms with van der Waals surface area (Å²) >= 11 is 0. The van der Waals surface area contributed by atoms with E-state index in [0.717, 1.165) is 31.3 Å². The minimum Gasteiger partial charge on any atom is -0.393 e. The van der Waals surface area contributed by atoms with Gasteiger partial charge < -0.3 is 29.9 Å². The van der Waals surface area contributed by atoms with E-state index < -0.39 is 46.1 Å². The number of hydrogen-bond acceptors (Lipinski definition) is 6. The smallest absolute Gasteiger partial charge is 0.174 e.